The van der Waals surface area contributed by atoms with Gasteiger partial charge < -0.3 is 4.89 Å². The Morgan fingerprint density at radius 2 is 1.71 bits per heavy atom. The second kappa shape index (κ2) is 9.77. The molecule has 9 heteroatoms. The van der Waals surface area contributed by atoms with Gasteiger partial charge in [0.15, 0.2) is 0 Å². The maximum atomic E-state index is 13.2. The molecular formula is C15H19I2N2O2PS2. The van der Waals surface area contributed by atoms with E-state index in [-0.39, 0.29) is 18.0 Å². The smallest absolute Gasteiger partial charge is 0.320 e. The normalized spacial score (nSPS) is 33.0. The Kier molecular flexibility index (Phi) is 8.66. The van der Waals surface area contributed by atoms with Crippen LogP contribution in [0.2, 0.25) is 0 Å². The molecule has 0 radical (unpaired) electrons. The van der Waals surface area contributed by atoms with Gasteiger partial charge in [0.05, 0.1) is 12.1 Å². The summed E-state index contributed by atoms with van der Waals surface area (Å²) in [6, 6.07) is -0.316. The summed E-state index contributed by atoms with van der Waals surface area (Å²) in [4.78, 5) is 10.8. The SMILES string of the molecule is C/C=C\C(=C/C)C1C(C2C=CC=CC=C2)N(SI)P(=O)(O)N1SI. The summed E-state index contributed by atoms with van der Waals surface area (Å²) in [5, 5.41) is 0. The summed E-state index contributed by atoms with van der Waals surface area (Å²) in [7, 11) is -1.02. The Labute approximate surface area is 176 Å². The minimum Gasteiger partial charge on any atom is -0.320 e. The number of rotatable bonds is 5. The van der Waals surface area contributed by atoms with Gasteiger partial charge in [-0.15, -0.1) is 8.15 Å². The molecule has 4 nitrogen and oxygen atoms in total. The van der Waals surface area contributed by atoms with Crippen LogP contribution in [0.5, 0.6) is 0 Å². The van der Waals surface area contributed by atoms with Crippen molar-refractivity contribution in [3.8, 4) is 0 Å². The molecule has 1 fully saturated rings. The van der Waals surface area contributed by atoms with Crippen molar-refractivity contribution in [1.82, 2.24) is 8.15 Å². The van der Waals surface area contributed by atoms with Gasteiger partial charge in [0.2, 0.25) is 0 Å². The molecule has 3 atom stereocenters. The first-order valence-corrected chi connectivity index (χ1v) is 15.5. The van der Waals surface area contributed by atoms with E-state index in [0.717, 1.165) is 5.57 Å². The predicted molar refractivity (Wildman–Crippen MR) is 124 cm³/mol. The average molecular weight is 608 g/mol. The van der Waals surface area contributed by atoms with Gasteiger partial charge in [-0.05, 0) is 19.4 Å². The molecule has 3 unspecified atom stereocenters. The fourth-order valence-corrected chi connectivity index (χ4v) is 11.9. The lowest BCUT2D eigenvalue weighted by Crippen LogP contribution is -2.39. The van der Waals surface area contributed by atoms with Crippen molar-refractivity contribution >= 4 is 68.3 Å². The molecule has 0 saturated carbocycles. The van der Waals surface area contributed by atoms with Crippen molar-refractivity contribution in [3.63, 3.8) is 0 Å². The van der Waals surface area contributed by atoms with Crippen molar-refractivity contribution in [2.45, 2.75) is 25.9 Å². The highest BCUT2D eigenvalue weighted by Gasteiger charge is 2.57. The van der Waals surface area contributed by atoms with E-state index in [9.17, 15) is 9.46 Å². The van der Waals surface area contributed by atoms with Gasteiger partial charge in [0.25, 0.3) is 0 Å². The maximum Gasteiger partial charge on any atom is 0.364 e. The number of nitrogens with zero attached hydrogens (tertiary/aromatic N) is 2. The van der Waals surface area contributed by atoms with Crippen LogP contribution in [0.1, 0.15) is 13.8 Å². The van der Waals surface area contributed by atoms with Crippen LogP contribution in [0.15, 0.2) is 60.3 Å². The number of hydrogen-bond donors (Lipinski definition) is 1. The van der Waals surface area contributed by atoms with Gasteiger partial charge in [-0.25, -0.2) is 0 Å². The van der Waals surface area contributed by atoms with E-state index in [4.69, 9.17) is 0 Å². The highest BCUT2D eigenvalue weighted by Crippen LogP contribution is 2.68. The quantitative estimate of drug-likeness (QED) is 0.172. The zero-order valence-electron chi connectivity index (χ0n) is 13.2. The van der Waals surface area contributed by atoms with Crippen LogP contribution in [-0.2, 0) is 4.57 Å². The van der Waals surface area contributed by atoms with Gasteiger partial charge in [-0.3, -0.25) is 4.57 Å². The lowest BCUT2D eigenvalue weighted by Gasteiger charge is -2.29. The molecule has 2 rings (SSSR count). The van der Waals surface area contributed by atoms with E-state index in [1.807, 2.05) is 56.4 Å². The minimum absolute atomic E-state index is 0.0431. The molecule has 1 heterocycles. The number of halogens is 2. The van der Waals surface area contributed by atoms with Crippen LogP contribution in [0.25, 0.3) is 0 Å². The van der Waals surface area contributed by atoms with E-state index >= 15 is 0 Å². The predicted octanol–water partition coefficient (Wildman–Crippen LogP) is 6.26. The Morgan fingerprint density at radius 3 is 2.17 bits per heavy atom. The lowest BCUT2D eigenvalue weighted by molar-refractivity contribution is 0.385. The summed E-state index contributed by atoms with van der Waals surface area (Å²) in [5.74, 6) is 0.0431. The molecule has 0 aromatic carbocycles. The zero-order valence-corrected chi connectivity index (χ0v) is 20.0. The summed E-state index contributed by atoms with van der Waals surface area (Å²) in [5.41, 5.74) is 1.05. The van der Waals surface area contributed by atoms with E-state index < -0.39 is 7.67 Å². The highest BCUT2D eigenvalue weighted by atomic mass is 127. The fraction of sp³-hybridized carbons (Fsp3) is 0.333. The molecule has 1 aliphatic heterocycles. The second-order valence-electron chi connectivity index (χ2n) is 5.21. The molecule has 132 valence electrons. The fourth-order valence-electron chi connectivity index (χ4n) is 2.89. The monoisotopic (exact) mass is 608 g/mol. The van der Waals surface area contributed by atoms with Crippen molar-refractivity contribution in [2.24, 2.45) is 5.92 Å². The molecule has 1 saturated heterocycles. The maximum absolute atomic E-state index is 13.2. The average Bonchev–Trinajstić information content (AvgIpc) is 2.74. The Bertz CT molecular complexity index is 635. The Balaban J connectivity index is 2.57. The van der Waals surface area contributed by atoms with Crippen LogP contribution in [0.4, 0.5) is 0 Å². The van der Waals surface area contributed by atoms with Crippen LogP contribution >= 0.6 is 68.3 Å². The Hall–Kier alpha value is 0.970. The summed E-state index contributed by atoms with van der Waals surface area (Å²) < 4.78 is 16.5. The lowest BCUT2D eigenvalue weighted by atomic mass is 9.89. The van der Waals surface area contributed by atoms with E-state index in [1.54, 1.807) is 8.15 Å². The third-order valence-electron chi connectivity index (χ3n) is 3.90. The topological polar surface area (TPSA) is 43.8 Å². The van der Waals surface area contributed by atoms with Crippen molar-refractivity contribution in [2.75, 3.05) is 0 Å². The van der Waals surface area contributed by atoms with Crippen molar-refractivity contribution < 1.29 is 9.46 Å². The van der Waals surface area contributed by atoms with E-state index in [2.05, 4.69) is 54.6 Å². The third-order valence-corrected chi connectivity index (χ3v) is 12.4. The van der Waals surface area contributed by atoms with Gasteiger partial charge in [-0.2, -0.15) is 0 Å². The first-order valence-electron chi connectivity index (χ1n) is 7.33. The van der Waals surface area contributed by atoms with Crippen molar-refractivity contribution in [1.29, 1.82) is 0 Å². The molecule has 1 aliphatic carbocycles. The second-order valence-corrected chi connectivity index (χ2v) is 11.1. The van der Waals surface area contributed by atoms with E-state index in [0.29, 0.717) is 0 Å². The zero-order chi connectivity index (χ0) is 17.7. The van der Waals surface area contributed by atoms with E-state index in [1.165, 1.54) is 18.2 Å². The molecule has 0 aromatic heterocycles. The summed E-state index contributed by atoms with van der Waals surface area (Å²) >= 11 is 4.19. The number of allylic oxidation sites excluding steroid dienone is 6. The molecule has 2 aliphatic rings. The third kappa shape index (κ3) is 4.27. The van der Waals surface area contributed by atoms with Gasteiger partial charge >= 0.3 is 7.67 Å². The van der Waals surface area contributed by atoms with Gasteiger partial charge in [0.1, 0.15) is 0 Å². The van der Waals surface area contributed by atoms with Crippen molar-refractivity contribution in [3.05, 3.63) is 60.3 Å². The highest BCUT2D eigenvalue weighted by molar-refractivity contribution is 14.2. The largest absolute Gasteiger partial charge is 0.364 e. The number of hydrogen-bond acceptors (Lipinski definition) is 3. The molecule has 0 spiro atoms. The first kappa shape index (κ1) is 21.3. The Morgan fingerprint density at radius 1 is 1.12 bits per heavy atom. The van der Waals surface area contributed by atoms with Gasteiger partial charge in [0, 0.05) is 66.6 Å². The molecular weight excluding hydrogens is 589 g/mol. The van der Waals surface area contributed by atoms with Gasteiger partial charge in [-0.1, -0.05) is 54.7 Å². The molecule has 0 bridgehead atoms. The van der Waals surface area contributed by atoms with Crippen LogP contribution in [0.3, 0.4) is 0 Å². The molecule has 1 N–H and O–H groups in total. The standard InChI is InChI=1S/C15H19I2N2O2PS2/c1-3-9-12(4-2)14-15(13-10-7-5-6-8-11-13)19(24-17)22(20,21)18(14)23-16/h3-11,13-15H,1-2H3,(H,20,21)/b9-3-,12-4+. The van der Waals surface area contributed by atoms with Crippen LogP contribution in [0, 0.1) is 5.92 Å². The molecule has 0 amide bonds. The first-order chi connectivity index (χ1) is 11.5. The summed E-state index contributed by atoms with van der Waals surface area (Å²) in [6.07, 6.45) is 18.2. The van der Waals surface area contributed by atoms with Crippen LogP contribution in [-0.4, -0.2) is 25.1 Å². The molecule has 24 heavy (non-hydrogen) atoms. The summed E-state index contributed by atoms with van der Waals surface area (Å²) in [6.45, 7) is 3.94. The minimum atomic E-state index is -3.63. The van der Waals surface area contributed by atoms with Crippen LogP contribution < -0.4 is 0 Å². The molecule has 0 aromatic rings.